The van der Waals surface area contributed by atoms with E-state index in [0.29, 0.717) is 11.6 Å². The lowest BCUT2D eigenvalue weighted by molar-refractivity contribution is -0.121. The molecule has 2 saturated carbocycles. The number of rotatable bonds is 5. The molecule has 0 aliphatic heterocycles. The van der Waals surface area contributed by atoms with Crippen molar-refractivity contribution < 1.29 is 4.79 Å². The first kappa shape index (κ1) is 14.8. The lowest BCUT2D eigenvalue weighted by Gasteiger charge is -2.21. The predicted molar refractivity (Wildman–Crippen MR) is 89.4 cm³/mol. The van der Waals surface area contributed by atoms with Gasteiger partial charge >= 0.3 is 0 Å². The van der Waals surface area contributed by atoms with Crippen LogP contribution in [0.25, 0.3) is 0 Å². The van der Waals surface area contributed by atoms with Crippen molar-refractivity contribution in [2.75, 3.05) is 16.8 Å². The average Bonchev–Trinajstić information content (AvgIpc) is 3.10. The second-order valence-corrected chi connectivity index (χ2v) is 7.54. The lowest BCUT2D eigenvalue weighted by Crippen LogP contribution is -2.27. The minimum absolute atomic E-state index is 0.173. The highest BCUT2D eigenvalue weighted by Crippen LogP contribution is 2.48. The van der Waals surface area contributed by atoms with E-state index in [0.717, 1.165) is 30.2 Å². The molecule has 1 amide bonds. The van der Waals surface area contributed by atoms with Crippen LogP contribution >= 0.6 is 11.8 Å². The van der Waals surface area contributed by atoms with Crippen LogP contribution in [0.5, 0.6) is 0 Å². The molecule has 0 aromatic heterocycles. The molecule has 1 aromatic carbocycles. The number of hydrogen-bond donors (Lipinski definition) is 2. The molecule has 0 radical (unpaired) electrons. The zero-order valence-electron chi connectivity index (χ0n) is 12.6. The zero-order valence-corrected chi connectivity index (χ0v) is 13.4. The van der Waals surface area contributed by atoms with Gasteiger partial charge in [-0.2, -0.15) is 0 Å². The molecule has 21 heavy (non-hydrogen) atoms. The van der Waals surface area contributed by atoms with Crippen LogP contribution in [0.4, 0.5) is 11.4 Å². The van der Waals surface area contributed by atoms with E-state index in [9.17, 15) is 4.79 Å². The van der Waals surface area contributed by atoms with Crippen LogP contribution in [0.1, 0.15) is 39.0 Å². The number of thioether (sulfide) groups is 1. The Morgan fingerprint density at radius 2 is 2.24 bits per heavy atom. The normalized spacial score (nSPS) is 27.0. The van der Waals surface area contributed by atoms with Gasteiger partial charge < -0.3 is 11.1 Å². The summed E-state index contributed by atoms with van der Waals surface area (Å²) in [5.74, 6) is 2.86. The number of fused-ring (bicyclic) bond motifs is 2. The first-order chi connectivity index (χ1) is 10.2. The summed E-state index contributed by atoms with van der Waals surface area (Å²) in [7, 11) is 0. The number of nitrogens with one attached hydrogen (secondary N) is 1. The number of hydrogen-bond acceptors (Lipinski definition) is 3. The molecule has 0 spiro atoms. The summed E-state index contributed by atoms with van der Waals surface area (Å²) in [6.45, 7) is 2.17. The van der Waals surface area contributed by atoms with Crippen molar-refractivity contribution in [3.63, 3.8) is 0 Å². The smallest absolute Gasteiger partial charge is 0.227 e. The number of anilines is 2. The number of amides is 1. The van der Waals surface area contributed by atoms with Crippen LogP contribution in [0.3, 0.4) is 0 Å². The van der Waals surface area contributed by atoms with E-state index in [-0.39, 0.29) is 11.8 Å². The van der Waals surface area contributed by atoms with Crippen molar-refractivity contribution in [1.82, 2.24) is 0 Å². The third kappa shape index (κ3) is 3.20. The number of nitrogens with two attached hydrogens (primary N) is 1. The molecule has 2 bridgehead atoms. The van der Waals surface area contributed by atoms with E-state index in [1.165, 1.54) is 24.2 Å². The molecule has 2 fully saturated rings. The fraction of sp³-hybridized carbons (Fsp3) is 0.588. The summed E-state index contributed by atoms with van der Waals surface area (Å²) >= 11 is 1.81. The number of nitrogen functional groups attached to an aromatic ring is 1. The predicted octanol–water partition coefficient (Wildman–Crippen LogP) is 4.15. The van der Waals surface area contributed by atoms with Crippen LogP contribution in [0.15, 0.2) is 23.1 Å². The zero-order chi connectivity index (χ0) is 14.8. The number of carbonyl (C=O) groups excluding carboxylic acids is 1. The summed E-state index contributed by atoms with van der Waals surface area (Å²) in [5.41, 5.74) is 7.46. The van der Waals surface area contributed by atoms with Gasteiger partial charge in [-0.25, -0.2) is 0 Å². The second-order valence-electron chi connectivity index (χ2n) is 6.37. The van der Waals surface area contributed by atoms with Gasteiger partial charge in [0.15, 0.2) is 0 Å². The van der Waals surface area contributed by atoms with Gasteiger partial charge in [-0.1, -0.05) is 13.3 Å². The van der Waals surface area contributed by atoms with E-state index in [4.69, 9.17) is 5.73 Å². The van der Waals surface area contributed by atoms with Gasteiger partial charge in [0, 0.05) is 10.8 Å². The molecule has 2 aliphatic rings. The van der Waals surface area contributed by atoms with Crippen LogP contribution in [-0.4, -0.2) is 11.7 Å². The fourth-order valence-electron chi connectivity index (χ4n) is 3.74. The minimum Gasteiger partial charge on any atom is -0.397 e. The van der Waals surface area contributed by atoms with Crippen molar-refractivity contribution in [2.24, 2.45) is 17.8 Å². The maximum atomic E-state index is 12.5. The average molecular weight is 304 g/mol. The largest absolute Gasteiger partial charge is 0.397 e. The van der Waals surface area contributed by atoms with Gasteiger partial charge in [0.25, 0.3) is 0 Å². The van der Waals surface area contributed by atoms with Crippen LogP contribution < -0.4 is 11.1 Å². The van der Waals surface area contributed by atoms with E-state index in [1.54, 1.807) is 0 Å². The lowest BCUT2D eigenvalue weighted by atomic mass is 9.88. The van der Waals surface area contributed by atoms with Crippen molar-refractivity contribution in [3.8, 4) is 0 Å². The Bertz CT molecular complexity index is 532. The van der Waals surface area contributed by atoms with E-state index in [2.05, 4.69) is 12.2 Å². The number of benzene rings is 1. The molecule has 0 heterocycles. The van der Waals surface area contributed by atoms with Crippen molar-refractivity contribution in [1.29, 1.82) is 0 Å². The Hall–Kier alpha value is -1.16. The monoisotopic (exact) mass is 304 g/mol. The third-order valence-corrected chi connectivity index (χ3v) is 6.03. The standard InChI is InChI=1S/C17H24N2OS/c1-2-7-21-13-5-6-15(18)16(10-13)19-17(20)14-9-11-3-4-12(14)8-11/h5-6,10-12,14H,2-4,7-9,18H2,1H3,(H,19,20). The summed E-state index contributed by atoms with van der Waals surface area (Å²) in [6.07, 6.45) is 6.01. The highest BCUT2D eigenvalue weighted by atomic mass is 32.2. The van der Waals surface area contributed by atoms with Gasteiger partial charge in [-0.15, -0.1) is 11.8 Å². The molecule has 0 saturated heterocycles. The summed E-state index contributed by atoms with van der Waals surface area (Å²) in [5, 5.41) is 3.08. The second kappa shape index (κ2) is 6.30. The minimum atomic E-state index is 0.173. The van der Waals surface area contributed by atoms with Crippen LogP contribution in [-0.2, 0) is 4.79 Å². The maximum Gasteiger partial charge on any atom is 0.227 e. The number of carbonyl (C=O) groups is 1. The van der Waals surface area contributed by atoms with E-state index in [1.807, 2.05) is 30.0 Å². The first-order valence-corrected chi connectivity index (χ1v) is 8.99. The van der Waals surface area contributed by atoms with Gasteiger partial charge in [0.1, 0.15) is 0 Å². The quantitative estimate of drug-likeness (QED) is 0.635. The molecule has 1 aromatic rings. The van der Waals surface area contributed by atoms with Crippen molar-refractivity contribution in [3.05, 3.63) is 18.2 Å². The molecule has 3 unspecified atom stereocenters. The van der Waals surface area contributed by atoms with E-state index >= 15 is 0 Å². The van der Waals surface area contributed by atoms with Crippen molar-refractivity contribution >= 4 is 29.0 Å². The summed E-state index contributed by atoms with van der Waals surface area (Å²) in [4.78, 5) is 13.7. The Morgan fingerprint density at radius 1 is 1.38 bits per heavy atom. The summed E-state index contributed by atoms with van der Waals surface area (Å²) in [6, 6.07) is 5.94. The highest BCUT2D eigenvalue weighted by Gasteiger charge is 2.43. The van der Waals surface area contributed by atoms with Crippen molar-refractivity contribution in [2.45, 2.75) is 43.9 Å². The molecule has 3 rings (SSSR count). The Balaban J connectivity index is 1.67. The summed E-state index contributed by atoms with van der Waals surface area (Å²) < 4.78 is 0. The van der Waals surface area contributed by atoms with Gasteiger partial charge in [-0.3, -0.25) is 4.79 Å². The highest BCUT2D eigenvalue weighted by molar-refractivity contribution is 7.99. The third-order valence-electron chi connectivity index (χ3n) is 4.83. The Morgan fingerprint density at radius 3 is 2.90 bits per heavy atom. The molecule has 3 nitrogen and oxygen atoms in total. The van der Waals surface area contributed by atoms with Gasteiger partial charge in [0.05, 0.1) is 11.4 Å². The van der Waals surface area contributed by atoms with Gasteiger partial charge in [0.2, 0.25) is 5.91 Å². The molecule has 3 atom stereocenters. The maximum absolute atomic E-state index is 12.5. The fourth-order valence-corrected chi connectivity index (χ4v) is 4.55. The molecular formula is C17H24N2OS. The Kier molecular flexibility index (Phi) is 4.43. The topological polar surface area (TPSA) is 55.1 Å². The molecule has 2 aliphatic carbocycles. The molecule has 4 heteroatoms. The SMILES string of the molecule is CCCSc1ccc(N)c(NC(=O)C2CC3CCC2C3)c1. The molecule has 3 N–H and O–H groups in total. The van der Waals surface area contributed by atoms with E-state index < -0.39 is 0 Å². The van der Waals surface area contributed by atoms with Gasteiger partial charge in [-0.05, 0) is 61.5 Å². The molecular weight excluding hydrogens is 280 g/mol. The Labute approximate surface area is 131 Å². The van der Waals surface area contributed by atoms with Crippen LogP contribution in [0, 0.1) is 17.8 Å². The van der Waals surface area contributed by atoms with Crippen LogP contribution in [0.2, 0.25) is 0 Å². The first-order valence-electron chi connectivity index (χ1n) is 8.00. The molecule has 114 valence electrons.